The van der Waals surface area contributed by atoms with Crippen molar-refractivity contribution in [2.75, 3.05) is 5.32 Å². The molecule has 1 atom stereocenters. The molecule has 1 aliphatic rings. The molecular formula is C26H22N4O2. The van der Waals surface area contributed by atoms with Crippen LogP contribution in [0.25, 0.3) is 11.0 Å². The molecule has 0 saturated carbocycles. The zero-order valence-electron chi connectivity index (χ0n) is 17.7. The number of imidazole rings is 1. The lowest BCUT2D eigenvalue weighted by Crippen LogP contribution is -2.18. The fourth-order valence-corrected chi connectivity index (χ4v) is 4.22. The average molecular weight is 422 g/mol. The molecule has 0 radical (unpaired) electrons. The first-order valence-corrected chi connectivity index (χ1v) is 10.6. The average Bonchev–Trinajstić information content (AvgIpc) is 3.20. The molecule has 4 aromatic rings. The number of nitriles is 1. The Balaban J connectivity index is 1.49. The highest BCUT2D eigenvalue weighted by atomic mass is 16.5. The molecule has 0 unspecified atom stereocenters. The van der Waals surface area contributed by atoms with Gasteiger partial charge in [0.25, 0.3) is 0 Å². The number of amides is 1. The van der Waals surface area contributed by atoms with Gasteiger partial charge in [0.15, 0.2) is 0 Å². The maximum Gasteiger partial charge on any atom is 0.224 e. The number of rotatable bonds is 5. The number of nitrogens with zero attached hydrogens (tertiary/aromatic N) is 3. The summed E-state index contributed by atoms with van der Waals surface area (Å²) in [5.41, 5.74) is 5.42. The summed E-state index contributed by atoms with van der Waals surface area (Å²) in [4.78, 5) is 16.4. The first-order chi connectivity index (χ1) is 15.6. The number of carbonyl (C=O) groups is 1. The van der Waals surface area contributed by atoms with Crippen LogP contribution in [0.4, 0.5) is 5.69 Å². The van der Waals surface area contributed by atoms with E-state index in [1.165, 1.54) is 0 Å². The van der Waals surface area contributed by atoms with Crippen LogP contribution in [0.1, 0.15) is 41.9 Å². The van der Waals surface area contributed by atoms with Gasteiger partial charge in [0.05, 0.1) is 28.7 Å². The van der Waals surface area contributed by atoms with E-state index in [1.54, 1.807) is 6.07 Å². The van der Waals surface area contributed by atoms with Crippen LogP contribution in [0.3, 0.4) is 0 Å². The highest BCUT2D eigenvalue weighted by Gasteiger charge is 2.19. The van der Waals surface area contributed by atoms with Crippen LogP contribution >= 0.6 is 0 Å². The number of aryl methyl sites for hydroxylation is 1. The van der Waals surface area contributed by atoms with Gasteiger partial charge in [0.2, 0.25) is 5.91 Å². The van der Waals surface area contributed by atoms with Crippen molar-refractivity contribution in [2.45, 2.75) is 32.4 Å². The van der Waals surface area contributed by atoms with Crippen LogP contribution in [-0.2, 0) is 17.8 Å². The quantitative estimate of drug-likeness (QED) is 0.492. The number of fused-ring (bicyclic) bond motifs is 2. The predicted molar refractivity (Wildman–Crippen MR) is 122 cm³/mol. The first kappa shape index (κ1) is 19.8. The minimum atomic E-state index is 0.0208. The number of carbonyl (C=O) groups excluding carboxylic acids is 1. The maximum atomic E-state index is 11.6. The number of hydrogen-bond acceptors (Lipinski definition) is 4. The summed E-state index contributed by atoms with van der Waals surface area (Å²) in [6.45, 7) is 2.42. The van der Waals surface area contributed by atoms with Gasteiger partial charge in [-0.3, -0.25) is 4.79 Å². The van der Waals surface area contributed by atoms with Gasteiger partial charge < -0.3 is 14.6 Å². The molecule has 0 saturated heterocycles. The molecule has 5 rings (SSSR count). The zero-order chi connectivity index (χ0) is 22.1. The van der Waals surface area contributed by atoms with Crippen molar-refractivity contribution in [1.29, 1.82) is 5.26 Å². The Hall–Kier alpha value is -4.11. The van der Waals surface area contributed by atoms with Crippen molar-refractivity contribution in [1.82, 2.24) is 9.55 Å². The summed E-state index contributed by atoms with van der Waals surface area (Å²) in [5, 5.41) is 12.3. The zero-order valence-corrected chi connectivity index (χ0v) is 17.7. The summed E-state index contributed by atoms with van der Waals surface area (Å²) in [6, 6.07) is 23.8. The van der Waals surface area contributed by atoms with Gasteiger partial charge in [0, 0.05) is 12.1 Å². The Labute approximate surface area is 186 Å². The molecule has 0 bridgehead atoms. The van der Waals surface area contributed by atoms with E-state index in [0.717, 1.165) is 39.4 Å². The smallest absolute Gasteiger partial charge is 0.224 e. The van der Waals surface area contributed by atoms with E-state index in [4.69, 9.17) is 9.72 Å². The lowest BCUT2D eigenvalue weighted by molar-refractivity contribution is -0.116. The second-order valence-corrected chi connectivity index (χ2v) is 7.96. The Morgan fingerprint density at radius 2 is 1.97 bits per heavy atom. The van der Waals surface area contributed by atoms with E-state index in [0.29, 0.717) is 25.0 Å². The van der Waals surface area contributed by atoms with Crippen molar-refractivity contribution in [3.63, 3.8) is 0 Å². The van der Waals surface area contributed by atoms with E-state index in [-0.39, 0.29) is 11.9 Å². The second-order valence-electron chi connectivity index (χ2n) is 7.96. The van der Waals surface area contributed by atoms with Crippen LogP contribution in [0.2, 0.25) is 0 Å². The van der Waals surface area contributed by atoms with Crippen LogP contribution in [-0.4, -0.2) is 15.5 Å². The molecule has 0 fully saturated rings. The van der Waals surface area contributed by atoms with E-state index in [1.807, 2.05) is 48.5 Å². The molecule has 0 aliphatic carbocycles. The molecule has 6 heteroatoms. The summed E-state index contributed by atoms with van der Waals surface area (Å²) >= 11 is 0. The normalized spacial score (nSPS) is 13.8. The molecule has 1 aliphatic heterocycles. The third-order valence-electron chi connectivity index (χ3n) is 5.90. The summed E-state index contributed by atoms with van der Waals surface area (Å²) in [6.07, 6.45) is 1.20. The van der Waals surface area contributed by atoms with Crippen molar-refractivity contribution >= 4 is 22.6 Å². The largest absolute Gasteiger partial charge is 0.486 e. The van der Waals surface area contributed by atoms with Crippen LogP contribution in [0, 0.1) is 11.3 Å². The molecule has 0 spiro atoms. The van der Waals surface area contributed by atoms with Gasteiger partial charge in [-0.15, -0.1) is 0 Å². The van der Waals surface area contributed by atoms with E-state index >= 15 is 0 Å². The van der Waals surface area contributed by atoms with Crippen molar-refractivity contribution in [3.05, 3.63) is 89.2 Å². The standard InChI is InChI=1S/C26H22N4O2/c1-17(19-5-3-2-4-6-19)30-24-13-18(15-27)7-10-23(24)28-25(30)16-32-21-9-11-22-20(14-21)8-12-26(31)29-22/h2-7,9-11,13-14,17H,8,12,16H2,1H3,(H,29,31)/t17-/m1/s1. The first-order valence-electron chi connectivity index (χ1n) is 10.6. The Morgan fingerprint density at radius 1 is 1.12 bits per heavy atom. The number of benzene rings is 3. The van der Waals surface area contributed by atoms with Crippen molar-refractivity contribution < 1.29 is 9.53 Å². The van der Waals surface area contributed by atoms with Crippen LogP contribution < -0.4 is 10.1 Å². The highest BCUT2D eigenvalue weighted by Crippen LogP contribution is 2.30. The van der Waals surface area contributed by atoms with Gasteiger partial charge in [-0.25, -0.2) is 4.98 Å². The molecule has 2 heterocycles. The number of aromatic nitrogens is 2. The summed E-state index contributed by atoms with van der Waals surface area (Å²) < 4.78 is 8.28. The molecule has 6 nitrogen and oxygen atoms in total. The fraction of sp³-hybridized carbons (Fsp3) is 0.192. The number of ether oxygens (including phenoxy) is 1. The molecular weight excluding hydrogens is 400 g/mol. The Bertz CT molecular complexity index is 1350. The third-order valence-corrected chi connectivity index (χ3v) is 5.90. The SMILES string of the molecule is C[C@H](c1ccccc1)n1c(COc2ccc3c(c2)CCC(=O)N3)nc2ccc(C#N)cc21. The number of nitrogens with one attached hydrogen (secondary N) is 1. The predicted octanol–water partition coefficient (Wildman–Crippen LogP) is 4.98. The monoisotopic (exact) mass is 422 g/mol. The van der Waals surface area contributed by atoms with E-state index in [2.05, 4.69) is 35.0 Å². The van der Waals surface area contributed by atoms with E-state index < -0.39 is 0 Å². The van der Waals surface area contributed by atoms with E-state index in [9.17, 15) is 10.1 Å². The van der Waals surface area contributed by atoms with Gasteiger partial charge in [-0.1, -0.05) is 30.3 Å². The molecule has 1 aromatic heterocycles. The van der Waals surface area contributed by atoms with Crippen molar-refractivity contribution in [3.8, 4) is 11.8 Å². The Morgan fingerprint density at radius 3 is 2.78 bits per heavy atom. The van der Waals surface area contributed by atoms with Crippen molar-refractivity contribution in [2.24, 2.45) is 0 Å². The second kappa shape index (κ2) is 8.20. The number of hydrogen-bond donors (Lipinski definition) is 1. The van der Waals surface area contributed by atoms with Gasteiger partial charge >= 0.3 is 0 Å². The van der Waals surface area contributed by atoms with Gasteiger partial charge in [-0.2, -0.15) is 5.26 Å². The minimum Gasteiger partial charge on any atom is -0.486 e. The minimum absolute atomic E-state index is 0.0208. The molecule has 32 heavy (non-hydrogen) atoms. The highest BCUT2D eigenvalue weighted by molar-refractivity contribution is 5.94. The maximum absolute atomic E-state index is 11.6. The fourth-order valence-electron chi connectivity index (χ4n) is 4.22. The number of anilines is 1. The molecule has 3 aromatic carbocycles. The Kier molecular flexibility index (Phi) is 5.08. The lowest BCUT2D eigenvalue weighted by atomic mass is 10.0. The third kappa shape index (κ3) is 3.69. The van der Waals surface area contributed by atoms with Crippen LogP contribution in [0.5, 0.6) is 5.75 Å². The van der Waals surface area contributed by atoms with Gasteiger partial charge in [0.1, 0.15) is 18.2 Å². The van der Waals surface area contributed by atoms with Crippen LogP contribution in [0.15, 0.2) is 66.7 Å². The molecule has 1 amide bonds. The molecule has 158 valence electrons. The molecule has 1 N–H and O–H groups in total. The summed E-state index contributed by atoms with van der Waals surface area (Å²) in [5.74, 6) is 1.58. The summed E-state index contributed by atoms with van der Waals surface area (Å²) in [7, 11) is 0. The van der Waals surface area contributed by atoms with Gasteiger partial charge in [-0.05, 0) is 60.9 Å². The lowest BCUT2D eigenvalue weighted by Gasteiger charge is -2.20. The topological polar surface area (TPSA) is 79.9 Å².